The lowest BCUT2D eigenvalue weighted by molar-refractivity contribution is 0.758. The highest BCUT2D eigenvalue weighted by molar-refractivity contribution is 7.99. The molecule has 1 aromatic heterocycles. The van der Waals surface area contributed by atoms with Gasteiger partial charge in [-0.05, 0) is 55.0 Å². The van der Waals surface area contributed by atoms with Crippen molar-refractivity contribution in [1.82, 2.24) is 10.3 Å². The summed E-state index contributed by atoms with van der Waals surface area (Å²) in [5, 5.41) is 8.64. The van der Waals surface area contributed by atoms with Crippen molar-refractivity contribution < 1.29 is 0 Å². The van der Waals surface area contributed by atoms with Crippen LogP contribution >= 0.6 is 35.6 Å². The van der Waals surface area contributed by atoms with Crippen LogP contribution in [0.2, 0.25) is 5.02 Å². The van der Waals surface area contributed by atoms with Gasteiger partial charge in [-0.25, -0.2) is 4.98 Å². The second-order valence-corrected chi connectivity index (χ2v) is 6.55. The number of aromatic nitrogens is 1. The van der Waals surface area contributed by atoms with Gasteiger partial charge < -0.3 is 10.6 Å². The molecular formula is C16H18ClN3S2. The molecule has 0 saturated heterocycles. The number of hydrogen-bond donors (Lipinski definition) is 2. The predicted molar refractivity (Wildman–Crippen MR) is 98.9 cm³/mol. The first-order valence-corrected chi connectivity index (χ1v) is 8.72. The Bertz CT molecular complexity index is 617. The fourth-order valence-electron chi connectivity index (χ4n) is 1.73. The van der Waals surface area contributed by atoms with Gasteiger partial charge in [-0.15, -0.1) is 0 Å². The third-order valence-corrected chi connectivity index (χ3v) is 4.39. The Morgan fingerprint density at radius 2 is 2.05 bits per heavy atom. The zero-order valence-electron chi connectivity index (χ0n) is 12.3. The minimum Gasteiger partial charge on any atom is -0.362 e. The quantitative estimate of drug-likeness (QED) is 0.567. The number of nitrogens with one attached hydrogen (secondary N) is 2. The Balaban J connectivity index is 2.03. The van der Waals surface area contributed by atoms with Crippen molar-refractivity contribution in [1.29, 1.82) is 0 Å². The lowest BCUT2D eigenvalue weighted by Crippen LogP contribution is -2.29. The van der Waals surface area contributed by atoms with Crippen molar-refractivity contribution >= 4 is 46.4 Å². The van der Waals surface area contributed by atoms with E-state index < -0.39 is 0 Å². The number of hydrogen-bond acceptors (Lipinski definition) is 3. The van der Waals surface area contributed by atoms with E-state index in [1.165, 1.54) is 0 Å². The highest BCUT2D eigenvalue weighted by Gasteiger charge is 2.07. The zero-order valence-corrected chi connectivity index (χ0v) is 14.7. The van der Waals surface area contributed by atoms with Crippen LogP contribution in [-0.2, 0) is 0 Å². The Kier molecular flexibility index (Phi) is 6.96. The van der Waals surface area contributed by atoms with Crippen molar-refractivity contribution in [2.45, 2.75) is 29.7 Å². The number of nitrogens with zero attached hydrogens (tertiary/aromatic N) is 1. The van der Waals surface area contributed by atoms with Crippen LogP contribution < -0.4 is 10.6 Å². The van der Waals surface area contributed by atoms with Crippen molar-refractivity contribution in [2.24, 2.45) is 0 Å². The number of unbranched alkanes of at least 4 members (excludes halogenated alkanes) is 1. The van der Waals surface area contributed by atoms with Gasteiger partial charge in [0, 0.05) is 22.7 Å². The second kappa shape index (κ2) is 8.98. The standard InChI is InChI=1S/C16H18ClN3S2/c1-2-3-10-19-16(21)20-14-5-4-11-18-15(14)22-13-8-6-12(17)7-9-13/h4-9,11H,2-3,10H2,1H3,(H2,19,20,21). The molecule has 0 fully saturated rings. The smallest absolute Gasteiger partial charge is 0.170 e. The topological polar surface area (TPSA) is 37.0 Å². The number of pyridine rings is 1. The molecule has 0 radical (unpaired) electrons. The van der Waals surface area contributed by atoms with Gasteiger partial charge in [-0.1, -0.05) is 36.7 Å². The molecule has 0 unspecified atom stereocenters. The van der Waals surface area contributed by atoms with Crippen molar-refractivity contribution in [3.8, 4) is 0 Å². The monoisotopic (exact) mass is 351 g/mol. The molecule has 0 spiro atoms. The summed E-state index contributed by atoms with van der Waals surface area (Å²) >= 11 is 12.8. The molecule has 0 atom stereocenters. The third kappa shape index (κ3) is 5.48. The lowest BCUT2D eigenvalue weighted by Gasteiger charge is -2.12. The Labute approximate surface area is 145 Å². The molecule has 2 rings (SSSR count). The van der Waals surface area contributed by atoms with E-state index in [2.05, 4.69) is 22.5 Å². The number of rotatable bonds is 6. The van der Waals surface area contributed by atoms with Gasteiger partial charge in [-0.2, -0.15) is 0 Å². The highest BCUT2D eigenvalue weighted by Crippen LogP contribution is 2.31. The van der Waals surface area contributed by atoms with Crippen LogP contribution in [0.15, 0.2) is 52.5 Å². The predicted octanol–water partition coefficient (Wildman–Crippen LogP) is 4.97. The first-order valence-electron chi connectivity index (χ1n) is 7.12. The van der Waals surface area contributed by atoms with Crippen LogP contribution in [0, 0.1) is 0 Å². The fraction of sp³-hybridized carbons (Fsp3) is 0.250. The van der Waals surface area contributed by atoms with Crippen LogP contribution in [-0.4, -0.2) is 16.6 Å². The number of benzene rings is 1. The molecule has 0 aliphatic heterocycles. The van der Waals surface area contributed by atoms with E-state index in [1.807, 2.05) is 36.4 Å². The molecule has 0 aliphatic rings. The molecule has 116 valence electrons. The van der Waals surface area contributed by atoms with Gasteiger partial charge in [0.05, 0.1) is 5.69 Å². The summed E-state index contributed by atoms with van der Waals surface area (Å²) in [4.78, 5) is 5.51. The molecule has 2 aromatic rings. The van der Waals surface area contributed by atoms with E-state index in [0.29, 0.717) is 5.11 Å². The number of halogens is 1. The zero-order chi connectivity index (χ0) is 15.8. The van der Waals surface area contributed by atoms with E-state index in [1.54, 1.807) is 18.0 Å². The summed E-state index contributed by atoms with van der Waals surface area (Å²) in [6.45, 7) is 3.03. The van der Waals surface area contributed by atoms with E-state index in [0.717, 1.165) is 40.0 Å². The van der Waals surface area contributed by atoms with E-state index in [9.17, 15) is 0 Å². The fourth-order valence-corrected chi connectivity index (χ4v) is 2.90. The normalized spacial score (nSPS) is 10.3. The molecule has 1 heterocycles. The van der Waals surface area contributed by atoms with Crippen molar-refractivity contribution in [3.63, 3.8) is 0 Å². The maximum atomic E-state index is 5.91. The average molecular weight is 352 g/mol. The van der Waals surface area contributed by atoms with Gasteiger partial charge in [0.25, 0.3) is 0 Å². The van der Waals surface area contributed by atoms with Crippen molar-refractivity contribution in [2.75, 3.05) is 11.9 Å². The molecule has 0 aliphatic carbocycles. The Morgan fingerprint density at radius 3 is 2.77 bits per heavy atom. The summed E-state index contributed by atoms with van der Waals surface area (Å²) in [5.74, 6) is 0. The average Bonchev–Trinajstić information content (AvgIpc) is 2.52. The van der Waals surface area contributed by atoms with E-state index in [-0.39, 0.29) is 0 Å². The lowest BCUT2D eigenvalue weighted by atomic mass is 10.3. The van der Waals surface area contributed by atoms with Gasteiger partial charge in [0.2, 0.25) is 0 Å². The second-order valence-electron chi connectivity index (χ2n) is 4.65. The van der Waals surface area contributed by atoms with Gasteiger partial charge in [-0.3, -0.25) is 0 Å². The van der Waals surface area contributed by atoms with Gasteiger partial charge in [0.1, 0.15) is 5.03 Å². The maximum Gasteiger partial charge on any atom is 0.170 e. The van der Waals surface area contributed by atoms with Crippen LogP contribution in [0.25, 0.3) is 0 Å². The van der Waals surface area contributed by atoms with Gasteiger partial charge in [0.15, 0.2) is 5.11 Å². The molecule has 0 amide bonds. The van der Waals surface area contributed by atoms with Crippen LogP contribution in [0.4, 0.5) is 5.69 Å². The molecule has 0 bridgehead atoms. The van der Waals surface area contributed by atoms with Crippen LogP contribution in [0.1, 0.15) is 19.8 Å². The first-order chi connectivity index (χ1) is 10.7. The molecule has 6 heteroatoms. The molecule has 0 saturated carbocycles. The summed E-state index contributed by atoms with van der Waals surface area (Å²) in [6, 6.07) is 11.6. The number of thiocarbonyl (C=S) groups is 1. The van der Waals surface area contributed by atoms with Crippen molar-refractivity contribution in [3.05, 3.63) is 47.6 Å². The van der Waals surface area contributed by atoms with Crippen LogP contribution in [0.3, 0.4) is 0 Å². The summed E-state index contributed by atoms with van der Waals surface area (Å²) in [7, 11) is 0. The third-order valence-electron chi connectivity index (χ3n) is 2.86. The highest BCUT2D eigenvalue weighted by atomic mass is 35.5. The van der Waals surface area contributed by atoms with Crippen LogP contribution in [0.5, 0.6) is 0 Å². The first kappa shape index (κ1) is 17.1. The number of anilines is 1. The molecule has 1 aromatic carbocycles. The molecule has 3 nitrogen and oxygen atoms in total. The largest absolute Gasteiger partial charge is 0.362 e. The summed E-state index contributed by atoms with van der Waals surface area (Å²) in [6.07, 6.45) is 4.01. The Hall–Kier alpha value is -1.30. The SMILES string of the molecule is CCCCNC(=S)Nc1cccnc1Sc1ccc(Cl)cc1. The Morgan fingerprint density at radius 1 is 1.27 bits per heavy atom. The van der Waals surface area contributed by atoms with Gasteiger partial charge >= 0.3 is 0 Å². The summed E-state index contributed by atoms with van der Waals surface area (Å²) in [5.41, 5.74) is 0.899. The molecular weight excluding hydrogens is 334 g/mol. The van der Waals surface area contributed by atoms with E-state index >= 15 is 0 Å². The summed E-state index contributed by atoms with van der Waals surface area (Å²) < 4.78 is 0. The minimum absolute atomic E-state index is 0.624. The van der Waals surface area contributed by atoms with E-state index in [4.69, 9.17) is 23.8 Å². The molecule has 22 heavy (non-hydrogen) atoms. The molecule has 2 N–H and O–H groups in total. The minimum atomic E-state index is 0.624. The maximum absolute atomic E-state index is 5.91.